The molecular weight excluding hydrogens is 270 g/mol. The molecule has 2 heterocycles. The fourth-order valence-electron chi connectivity index (χ4n) is 2.92. The number of nitrogens with zero attached hydrogens (tertiary/aromatic N) is 3. The second-order valence-corrected chi connectivity index (χ2v) is 5.65. The third-order valence-electron chi connectivity index (χ3n) is 4.12. The highest BCUT2D eigenvalue weighted by atomic mass is 16.5. The van der Waals surface area contributed by atoms with Crippen LogP contribution in [0.5, 0.6) is 0 Å². The summed E-state index contributed by atoms with van der Waals surface area (Å²) < 4.78 is 6.89. The van der Waals surface area contributed by atoms with Crippen molar-refractivity contribution in [3.05, 3.63) is 22.7 Å². The Morgan fingerprint density at radius 2 is 2.19 bits per heavy atom. The fourth-order valence-corrected chi connectivity index (χ4v) is 2.92. The van der Waals surface area contributed by atoms with E-state index in [1.54, 1.807) is 23.9 Å². The Kier molecular flexibility index (Phi) is 3.94. The predicted octanol–water partition coefficient (Wildman–Crippen LogP) is 1.50. The van der Waals surface area contributed by atoms with Crippen LogP contribution >= 0.6 is 0 Å². The largest absolute Gasteiger partial charge is 0.464 e. The summed E-state index contributed by atoms with van der Waals surface area (Å²) in [4.78, 5) is 30.8. The second-order valence-electron chi connectivity index (χ2n) is 5.65. The minimum Gasteiger partial charge on any atom is -0.464 e. The van der Waals surface area contributed by atoms with E-state index in [1.165, 1.54) is 0 Å². The van der Waals surface area contributed by atoms with Gasteiger partial charge in [-0.2, -0.15) is 0 Å². The fraction of sp³-hybridized carbons (Fsp3) is 0.667. The van der Waals surface area contributed by atoms with Crippen LogP contribution in [-0.4, -0.2) is 34.7 Å². The first-order chi connectivity index (χ1) is 10.2. The molecule has 0 N–H and O–H groups in total. The van der Waals surface area contributed by atoms with E-state index in [2.05, 4.69) is 4.98 Å². The van der Waals surface area contributed by atoms with Crippen molar-refractivity contribution in [1.29, 1.82) is 0 Å². The van der Waals surface area contributed by atoms with Gasteiger partial charge < -0.3 is 14.2 Å². The van der Waals surface area contributed by atoms with Gasteiger partial charge in [-0.1, -0.05) is 0 Å². The molecule has 0 spiro atoms. The van der Waals surface area contributed by atoms with E-state index < -0.39 is 0 Å². The number of hydrogen-bond acceptors (Lipinski definition) is 5. The summed E-state index contributed by atoms with van der Waals surface area (Å²) in [6, 6.07) is -0.0703. The molecular formula is C15H21N3O3. The van der Waals surface area contributed by atoms with Crippen molar-refractivity contribution in [2.45, 2.75) is 51.1 Å². The summed E-state index contributed by atoms with van der Waals surface area (Å²) in [5.74, 6) is 0.141. The van der Waals surface area contributed by atoms with E-state index in [9.17, 15) is 9.59 Å². The maximum atomic E-state index is 12.6. The maximum absolute atomic E-state index is 12.6. The van der Waals surface area contributed by atoms with Crippen LogP contribution in [0, 0.1) is 0 Å². The lowest BCUT2D eigenvalue weighted by molar-refractivity contribution is -0.145. The molecule has 1 saturated carbocycles. The van der Waals surface area contributed by atoms with Gasteiger partial charge in [0.15, 0.2) is 5.82 Å². The lowest BCUT2D eigenvalue weighted by Crippen LogP contribution is -2.48. The average molecular weight is 291 g/mol. The Morgan fingerprint density at radius 1 is 1.38 bits per heavy atom. The van der Waals surface area contributed by atoms with Crippen molar-refractivity contribution < 1.29 is 9.53 Å². The smallest absolute Gasteiger partial charge is 0.328 e. The van der Waals surface area contributed by atoms with E-state index in [0.717, 1.165) is 32.1 Å². The minimum atomic E-state index is -0.381. The van der Waals surface area contributed by atoms with E-state index in [0.29, 0.717) is 25.0 Å². The highest BCUT2D eigenvalue weighted by molar-refractivity contribution is 5.79. The molecule has 1 aromatic rings. The number of piperidine rings is 1. The van der Waals surface area contributed by atoms with Gasteiger partial charge in [-0.05, 0) is 39.0 Å². The molecule has 114 valence electrons. The Balaban J connectivity index is 1.91. The van der Waals surface area contributed by atoms with Crippen LogP contribution in [0.25, 0.3) is 0 Å². The molecule has 2 aliphatic rings. The topological polar surface area (TPSA) is 64.4 Å². The zero-order valence-corrected chi connectivity index (χ0v) is 12.3. The number of hydrogen-bond donors (Lipinski definition) is 0. The number of aromatic nitrogens is 2. The zero-order valence-electron chi connectivity index (χ0n) is 12.3. The van der Waals surface area contributed by atoms with Gasteiger partial charge in [0.25, 0.3) is 5.56 Å². The molecule has 1 saturated heterocycles. The molecule has 21 heavy (non-hydrogen) atoms. The standard InChI is InChI=1S/C15H21N3O3/c1-2-21-15(20)12-5-3-4-9-18(12)13-14(19)17(10-8-16-13)11-6-7-11/h8,10-12H,2-7,9H2,1H3. The summed E-state index contributed by atoms with van der Waals surface area (Å²) >= 11 is 0. The molecule has 6 heteroatoms. The Labute approximate surface area is 123 Å². The molecule has 0 amide bonds. The van der Waals surface area contributed by atoms with E-state index >= 15 is 0 Å². The molecule has 6 nitrogen and oxygen atoms in total. The lowest BCUT2D eigenvalue weighted by atomic mass is 10.0. The third-order valence-corrected chi connectivity index (χ3v) is 4.12. The van der Waals surface area contributed by atoms with Crippen LogP contribution in [0.4, 0.5) is 5.82 Å². The molecule has 1 atom stereocenters. The average Bonchev–Trinajstić information content (AvgIpc) is 3.32. The Morgan fingerprint density at radius 3 is 2.90 bits per heavy atom. The molecule has 1 aromatic heterocycles. The van der Waals surface area contributed by atoms with Gasteiger partial charge in [0.05, 0.1) is 6.61 Å². The van der Waals surface area contributed by atoms with E-state index in [-0.39, 0.29) is 17.6 Å². The summed E-state index contributed by atoms with van der Waals surface area (Å²) in [6.45, 7) is 2.84. The molecule has 2 fully saturated rings. The quantitative estimate of drug-likeness (QED) is 0.787. The minimum absolute atomic E-state index is 0.0869. The van der Waals surface area contributed by atoms with Crippen molar-refractivity contribution in [2.75, 3.05) is 18.1 Å². The predicted molar refractivity (Wildman–Crippen MR) is 78.4 cm³/mol. The number of anilines is 1. The SMILES string of the molecule is CCOC(=O)C1CCCCN1c1nccn(C2CC2)c1=O. The van der Waals surface area contributed by atoms with Gasteiger partial charge in [-0.15, -0.1) is 0 Å². The maximum Gasteiger partial charge on any atom is 0.328 e. The van der Waals surface area contributed by atoms with Crippen LogP contribution in [-0.2, 0) is 9.53 Å². The number of carbonyl (C=O) groups is 1. The Hall–Kier alpha value is -1.85. The first-order valence-electron chi connectivity index (χ1n) is 7.72. The number of rotatable bonds is 4. The molecule has 0 aromatic carbocycles. The molecule has 1 unspecified atom stereocenters. The first kappa shape index (κ1) is 14.1. The van der Waals surface area contributed by atoms with Crippen molar-refractivity contribution in [1.82, 2.24) is 9.55 Å². The summed E-state index contributed by atoms with van der Waals surface area (Å²) in [5, 5.41) is 0. The van der Waals surface area contributed by atoms with Crippen LogP contribution in [0.1, 0.15) is 45.1 Å². The number of carbonyl (C=O) groups excluding carboxylic acids is 1. The van der Waals surface area contributed by atoms with Crippen LogP contribution in [0.2, 0.25) is 0 Å². The van der Waals surface area contributed by atoms with Crippen LogP contribution in [0.3, 0.4) is 0 Å². The highest BCUT2D eigenvalue weighted by Crippen LogP contribution is 2.33. The second kappa shape index (κ2) is 5.87. The molecule has 0 bridgehead atoms. The molecule has 1 aliphatic heterocycles. The third kappa shape index (κ3) is 2.80. The van der Waals surface area contributed by atoms with Gasteiger partial charge in [-0.3, -0.25) is 4.79 Å². The zero-order chi connectivity index (χ0) is 14.8. The summed E-state index contributed by atoms with van der Waals surface area (Å²) in [5.41, 5.74) is -0.0869. The van der Waals surface area contributed by atoms with Gasteiger partial charge in [-0.25, -0.2) is 9.78 Å². The van der Waals surface area contributed by atoms with E-state index in [4.69, 9.17) is 4.74 Å². The first-order valence-corrected chi connectivity index (χ1v) is 7.72. The van der Waals surface area contributed by atoms with Gasteiger partial charge in [0.2, 0.25) is 0 Å². The molecule has 1 aliphatic carbocycles. The van der Waals surface area contributed by atoms with Gasteiger partial charge >= 0.3 is 5.97 Å². The van der Waals surface area contributed by atoms with Crippen molar-refractivity contribution >= 4 is 11.8 Å². The highest BCUT2D eigenvalue weighted by Gasteiger charge is 2.33. The Bertz CT molecular complexity index is 580. The van der Waals surface area contributed by atoms with Crippen LogP contribution < -0.4 is 10.5 Å². The van der Waals surface area contributed by atoms with Gasteiger partial charge in [0, 0.05) is 25.0 Å². The summed E-state index contributed by atoms with van der Waals surface area (Å²) in [7, 11) is 0. The summed E-state index contributed by atoms with van der Waals surface area (Å²) in [6.07, 6.45) is 8.16. The van der Waals surface area contributed by atoms with Crippen molar-refractivity contribution in [2.24, 2.45) is 0 Å². The molecule has 0 radical (unpaired) electrons. The normalized spacial score (nSPS) is 22.1. The monoisotopic (exact) mass is 291 g/mol. The van der Waals surface area contributed by atoms with Crippen molar-refractivity contribution in [3.63, 3.8) is 0 Å². The number of esters is 1. The number of ether oxygens (including phenoxy) is 1. The molecule has 3 rings (SSSR count). The van der Waals surface area contributed by atoms with Crippen molar-refractivity contribution in [3.8, 4) is 0 Å². The lowest BCUT2D eigenvalue weighted by Gasteiger charge is -2.34. The van der Waals surface area contributed by atoms with E-state index in [1.807, 2.05) is 4.90 Å². The van der Waals surface area contributed by atoms with Gasteiger partial charge in [0.1, 0.15) is 6.04 Å². The van der Waals surface area contributed by atoms with Crippen LogP contribution in [0.15, 0.2) is 17.2 Å².